The number of rotatable bonds is 8. The number of esters is 3. The molecule has 0 spiro atoms. The second-order valence-corrected chi connectivity index (χ2v) is 9.31. The van der Waals surface area contributed by atoms with Gasteiger partial charge in [0.1, 0.15) is 17.2 Å². The topological polar surface area (TPSA) is 125 Å². The lowest BCUT2D eigenvalue weighted by atomic mass is 10.1. The summed E-state index contributed by atoms with van der Waals surface area (Å²) in [5, 5.41) is 0. The van der Waals surface area contributed by atoms with E-state index in [0.29, 0.717) is 0 Å². The van der Waals surface area contributed by atoms with Crippen LogP contribution in [-0.4, -0.2) is 55.9 Å². The van der Waals surface area contributed by atoms with Crippen molar-refractivity contribution in [2.75, 3.05) is 12.4 Å². The van der Waals surface area contributed by atoms with E-state index in [9.17, 15) is 22.8 Å². The molecule has 0 amide bonds. The summed E-state index contributed by atoms with van der Waals surface area (Å²) >= 11 is 0. The van der Waals surface area contributed by atoms with E-state index in [2.05, 4.69) is 4.74 Å². The maximum atomic E-state index is 12.3. The number of hydrogen-bond donors (Lipinski definition) is 1. The minimum absolute atomic E-state index is 0. The molecule has 0 saturated heterocycles. The predicted molar refractivity (Wildman–Crippen MR) is 95.8 cm³/mol. The molecule has 0 aromatic heterocycles. The molecule has 0 aliphatic rings. The van der Waals surface area contributed by atoms with Gasteiger partial charge in [0.25, 0.3) is 0 Å². The number of carbonyl (C=O) groups is 3. The molecule has 0 aromatic carbocycles. The van der Waals surface area contributed by atoms with Crippen molar-refractivity contribution in [2.24, 2.45) is 0 Å². The Balaban J connectivity index is 0. The number of hydrogen-bond acceptors (Lipinski definition) is 8. The Hall–Kier alpha value is -1.68. The molecule has 0 aliphatic heterocycles. The van der Waals surface area contributed by atoms with Crippen LogP contribution < -0.4 is 4.72 Å². The summed E-state index contributed by atoms with van der Waals surface area (Å²) in [6.45, 7) is 11.3. The highest BCUT2D eigenvalue weighted by Crippen LogP contribution is 2.14. The van der Waals surface area contributed by atoms with E-state index in [0.717, 1.165) is 0 Å². The van der Waals surface area contributed by atoms with Crippen molar-refractivity contribution in [3.63, 3.8) is 0 Å². The van der Waals surface area contributed by atoms with Crippen molar-refractivity contribution in [3.05, 3.63) is 0 Å². The van der Waals surface area contributed by atoms with Crippen LogP contribution >= 0.6 is 0 Å². The van der Waals surface area contributed by atoms with Crippen LogP contribution in [0.4, 0.5) is 0 Å². The fourth-order valence-corrected chi connectivity index (χ4v) is 2.80. The maximum Gasteiger partial charge on any atom is 0.325 e. The molecular weight excluding hydrogens is 366 g/mol. The van der Waals surface area contributed by atoms with Crippen molar-refractivity contribution in [1.82, 2.24) is 4.72 Å². The fourth-order valence-electron chi connectivity index (χ4n) is 1.71. The maximum absolute atomic E-state index is 12.3. The van der Waals surface area contributed by atoms with Gasteiger partial charge in [0.15, 0.2) is 5.75 Å². The van der Waals surface area contributed by atoms with E-state index < -0.39 is 57.3 Å². The number of nitrogens with one attached hydrogen (secondary N) is 1. The van der Waals surface area contributed by atoms with Gasteiger partial charge in [-0.2, -0.15) is 4.72 Å². The average Bonchev–Trinajstić information content (AvgIpc) is 2.32. The Bertz CT molecular complexity index is 619. The van der Waals surface area contributed by atoms with E-state index >= 15 is 0 Å². The van der Waals surface area contributed by atoms with E-state index in [4.69, 9.17) is 9.47 Å². The first kappa shape index (κ1) is 24.3. The zero-order chi connectivity index (χ0) is 20.8. The van der Waals surface area contributed by atoms with Crippen LogP contribution in [0.2, 0.25) is 0 Å². The van der Waals surface area contributed by atoms with Crippen LogP contribution in [0.3, 0.4) is 0 Å². The van der Waals surface area contributed by atoms with Gasteiger partial charge in [0.05, 0.1) is 13.0 Å². The molecule has 10 heteroatoms. The molecule has 0 aromatic rings. The van der Waals surface area contributed by atoms with Crippen molar-refractivity contribution >= 4 is 27.9 Å². The first-order valence-corrected chi connectivity index (χ1v) is 9.80. The van der Waals surface area contributed by atoms with Gasteiger partial charge < -0.3 is 14.2 Å². The smallest absolute Gasteiger partial charge is 0.325 e. The molecule has 0 radical (unpaired) electrons. The van der Waals surface area contributed by atoms with Crippen molar-refractivity contribution in [3.8, 4) is 0 Å². The second-order valence-electron chi connectivity index (χ2n) is 7.56. The van der Waals surface area contributed by atoms with Gasteiger partial charge in [0, 0.05) is 1.43 Å². The van der Waals surface area contributed by atoms with E-state index in [1.165, 1.54) is 6.92 Å². The summed E-state index contributed by atoms with van der Waals surface area (Å²) in [6, 6.07) is -1.52. The number of ether oxygens (including phenoxy) is 3. The molecule has 0 rings (SSSR count). The third-order valence-corrected chi connectivity index (χ3v) is 3.68. The Morgan fingerprint density at radius 3 is 1.88 bits per heavy atom. The molecule has 9 nitrogen and oxygen atoms in total. The van der Waals surface area contributed by atoms with Crippen molar-refractivity contribution in [1.29, 1.82) is 0 Å². The Morgan fingerprint density at radius 1 is 0.962 bits per heavy atom. The normalized spacial score (nSPS) is 13.7. The zero-order valence-electron chi connectivity index (χ0n) is 16.4. The summed E-state index contributed by atoms with van der Waals surface area (Å²) in [5.74, 6) is -3.68. The van der Waals surface area contributed by atoms with Crippen LogP contribution in [0.1, 0.15) is 56.3 Å². The summed E-state index contributed by atoms with van der Waals surface area (Å²) in [7, 11) is -4.23. The Labute approximate surface area is 156 Å². The third kappa shape index (κ3) is 11.8. The second kappa shape index (κ2) is 9.31. The quantitative estimate of drug-likeness (QED) is 0.478. The zero-order valence-corrected chi connectivity index (χ0v) is 17.2. The lowest BCUT2D eigenvalue weighted by Crippen LogP contribution is -2.47. The van der Waals surface area contributed by atoms with Crippen LogP contribution in [0, 0.1) is 0 Å². The molecule has 0 fully saturated rings. The van der Waals surface area contributed by atoms with Crippen LogP contribution in [0.25, 0.3) is 0 Å². The van der Waals surface area contributed by atoms with Gasteiger partial charge in [-0.25, -0.2) is 8.42 Å². The number of carbonyl (C=O) groups excluding carboxylic acids is 3. The van der Waals surface area contributed by atoms with Gasteiger partial charge >= 0.3 is 17.9 Å². The monoisotopic (exact) mass is 397 g/mol. The fraction of sp³-hybridized carbons (Fsp3) is 0.812. The highest BCUT2D eigenvalue weighted by Gasteiger charge is 2.33. The molecule has 26 heavy (non-hydrogen) atoms. The standard InChI is InChI=1S/C16H29NO8S.H2/c1-8-23-13(19)10-26(21,22)17-11(14(20)25-16(5,6)7)9-12(18)24-15(2,3)4;/h11,17H,8-10H2,1-7H3;1H. The van der Waals surface area contributed by atoms with Crippen molar-refractivity contribution in [2.45, 2.75) is 72.1 Å². The molecule has 1 N–H and O–H groups in total. The molecular formula is C16H31NO8S. The summed E-state index contributed by atoms with van der Waals surface area (Å²) in [4.78, 5) is 35.7. The van der Waals surface area contributed by atoms with Gasteiger partial charge in [-0.3, -0.25) is 14.4 Å². The Morgan fingerprint density at radius 2 is 1.46 bits per heavy atom. The van der Waals surface area contributed by atoms with Gasteiger partial charge in [-0.15, -0.1) is 0 Å². The molecule has 0 bridgehead atoms. The molecule has 1 atom stereocenters. The largest absolute Gasteiger partial charge is 0.465 e. The minimum Gasteiger partial charge on any atom is -0.465 e. The summed E-state index contributed by atoms with van der Waals surface area (Å²) in [5.41, 5.74) is -1.70. The summed E-state index contributed by atoms with van der Waals surface area (Å²) < 4.78 is 41.0. The van der Waals surface area contributed by atoms with E-state index in [1.54, 1.807) is 41.5 Å². The number of sulfonamides is 1. The van der Waals surface area contributed by atoms with E-state index in [-0.39, 0.29) is 8.03 Å². The SMILES string of the molecule is CCOC(=O)CS(=O)(=O)NC(CC(=O)OC(C)(C)C)C(=O)OC(C)(C)C.[HH]. The van der Waals surface area contributed by atoms with E-state index in [1.807, 2.05) is 4.72 Å². The summed E-state index contributed by atoms with van der Waals surface area (Å²) in [6.07, 6.45) is -0.575. The lowest BCUT2D eigenvalue weighted by molar-refractivity contribution is -0.164. The average molecular weight is 397 g/mol. The van der Waals surface area contributed by atoms with Crippen LogP contribution in [0.5, 0.6) is 0 Å². The highest BCUT2D eigenvalue weighted by atomic mass is 32.2. The lowest BCUT2D eigenvalue weighted by Gasteiger charge is -2.25. The van der Waals surface area contributed by atoms with Gasteiger partial charge in [-0.05, 0) is 48.5 Å². The van der Waals surface area contributed by atoms with Gasteiger partial charge in [0.2, 0.25) is 10.0 Å². The third-order valence-electron chi connectivity index (χ3n) is 2.42. The predicted octanol–water partition coefficient (Wildman–Crippen LogP) is 1.16. The Kier molecular flexibility index (Phi) is 8.71. The van der Waals surface area contributed by atoms with Gasteiger partial charge in [-0.1, -0.05) is 0 Å². The van der Waals surface area contributed by atoms with Crippen LogP contribution in [0.15, 0.2) is 0 Å². The first-order chi connectivity index (χ1) is 11.5. The molecule has 154 valence electrons. The van der Waals surface area contributed by atoms with Crippen LogP contribution in [-0.2, 0) is 38.6 Å². The van der Waals surface area contributed by atoms with Crippen molar-refractivity contribution < 1.29 is 38.4 Å². The first-order valence-electron chi connectivity index (χ1n) is 8.15. The molecule has 0 aliphatic carbocycles. The molecule has 0 saturated carbocycles. The molecule has 1 unspecified atom stereocenters. The highest BCUT2D eigenvalue weighted by molar-refractivity contribution is 7.90. The minimum atomic E-state index is -4.23. The molecule has 0 heterocycles.